The summed E-state index contributed by atoms with van der Waals surface area (Å²) in [6.07, 6.45) is 12.3. The number of hydrogen-bond acceptors (Lipinski definition) is 2. The summed E-state index contributed by atoms with van der Waals surface area (Å²) in [4.78, 5) is 23.1. The average molecular weight is 312 g/mol. The molecule has 0 heterocycles. The molecule has 4 nitrogen and oxygen atoms in total. The molecule has 130 valence electrons. The number of carbonyl (C=O) groups is 2. The van der Waals surface area contributed by atoms with Crippen LogP contribution in [0.15, 0.2) is 0 Å². The summed E-state index contributed by atoms with van der Waals surface area (Å²) in [7, 11) is 0. The molecule has 0 bridgehead atoms. The van der Waals surface area contributed by atoms with Crippen LogP contribution in [-0.2, 0) is 9.59 Å². The highest BCUT2D eigenvalue weighted by molar-refractivity contribution is 5.76. The lowest BCUT2D eigenvalue weighted by atomic mass is 10.1. The largest absolute Gasteiger partial charge is 0.356 e. The van der Waals surface area contributed by atoms with E-state index in [9.17, 15) is 9.59 Å². The molecule has 0 saturated carbocycles. The third-order valence-electron chi connectivity index (χ3n) is 3.76. The topological polar surface area (TPSA) is 58.2 Å². The molecule has 0 rings (SSSR count). The molecule has 0 atom stereocenters. The predicted octanol–water partition coefficient (Wildman–Crippen LogP) is 3.94. The molecular formula is C18H36N2O2. The lowest BCUT2D eigenvalue weighted by Gasteiger charge is -2.07. The first-order valence-electron chi connectivity index (χ1n) is 9.24. The molecule has 0 aromatic rings. The van der Waals surface area contributed by atoms with Crippen LogP contribution < -0.4 is 10.6 Å². The molecule has 0 radical (unpaired) electrons. The van der Waals surface area contributed by atoms with Crippen LogP contribution in [0.4, 0.5) is 0 Å². The van der Waals surface area contributed by atoms with E-state index in [1.54, 1.807) is 0 Å². The van der Waals surface area contributed by atoms with Crippen LogP contribution in [0.3, 0.4) is 0 Å². The first kappa shape index (κ1) is 20.9. The van der Waals surface area contributed by atoms with Crippen LogP contribution in [0.1, 0.15) is 90.9 Å². The smallest absolute Gasteiger partial charge is 0.219 e. The van der Waals surface area contributed by atoms with Gasteiger partial charge in [0.25, 0.3) is 0 Å². The molecule has 2 amide bonds. The Morgan fingerprint density at radius 1 is 0.591 bits per heavy atom. The highest BCUT2D eigenvalue weighted by atomic mass is 16.2. The van der Waals surface area contributed by atoms with Gasteiger partial charge in [0.15, 0.2) is 0 Å². The molecule has 0 saturated heterocycles. The highest BCUT2D eigenvalue weighted by Crippen LogP contribution is 2.03. The summed E-state index contributed by atoms with van der Waals surface area (Å²) in [5, 5.41) is 5.89. The number of amides is 2. The van der Waals surface area contributed by atoms with Gasteiger partial charge < -0.3 is 10.6 Å². The average Bonchev–Trinajstić information content (AvgIpc) is 2.51. The lowest BCUT2D eigenvalue weighted by Crippen LogP contribution is -2.27. The maximum atomic E-state index is 11.5. The van der Waals surface area contributed by atoms with Crippen LogP contribution in [0.5, 0.6) is 0 Å². The number of unbranched alkanes of at least 4 members (excludes halogenated alkanes) is 7. The van der Waals surface area contributed by atoms with Gasteiger partial charge in [-0.2, -0.15) is 0 Å². The first-order chi connectivity index (χ1) is 10.7. The zero-order valence-electron chi connectivity index (χ0n) is 14.7. The molecule has 4 heteroatoms. The molecule has 0 spiro atoms. The fraction of sp³-hybridized carbons (Fsp3) is 0.889. The van der Waals surface area contributed by atoms with E-state index < -0.39 is 0 Å². The second-order valence-corrected chi connectivity index (χ2v) is 6.03. The van der Waals surface area contributed by atoms with Crippen LogP contribution in [-0.4, -0.2) is 24.9 Å². The van der Waals surface area contributed by atoms with Gasteiger partial charge in [-0.15, -0.1) is 0 Å². The van der Waals surface area contributed by atoms with Crippen molar-refractivity contribution in [2.75, 3.05) is 13.1 Å². The van der Waals surface area contributed by atoms with Crippen molar-refractivity contribution in [3.8, 4) is 0 Å². The molecule has 2 N–H and O–H groups in total. The Morgan fingerprint density at radius 2 is 1.00 bits per heavy atom. The van der Waals surface area contributed by atoms with Gasteiger partial charge in [0.05, 0.1) is 0 Å². The molecule has 0 aliphatic heterocycles. The standard InChI is InChI=1S/C18H36N2O2/c1-3-5-7-9-13-17(21)19-15-11-12-16-20-18(22)14-10-8-6-4-2/h3-16H2,1-2H3,(H,19,21)(H,20,22). The summed E-state index contributed by atoms with van der Waals surface area (Å²) in [6, 6.07) is 0. The summed E-state index contributed by atoms with van der Waals surface area (Å²) >= 11 is 0. The maximum Gasteiger partial charge on any atom is 0.219 e. The first-order valence-corrected chi connectivity index (χ1v) is 9.24. The summed E-state index contributed by atoms with van der Waals surface area (Å²) in [6.45, 7) is 5.78. The highest BCUT2D eigenvalue weighted by Gasteiger charge is 2.01. The van der Waals surface area contributed by atoms with E-state index >= 15 is 0 Å². The number of rotatable bonds is 15. The Hall–Kier alpha value is -1.06. The Morgan fingerprint density at radius 3 is 1.36 bits per heavy atom. The van der Waals surface area contributed by atoms with Gasteiger partial charge >= 0.3 is 0 Å². The van der Waals surface area contributed by atoms with Gasteiger partial charge in [0, 0.05) is 25.9 Å². The van der Waals surface area contributed by atoms with Gasteiger partial charge in [-0.3, -0.25) is 9.59 Å². The quantitative estimate of drug-likeness (QED) is 0.450. The van der Waals surface area contributed by atoms with Gasteiger partial charge in [-0.25, -0.2) is 0 Å². The molecular weight excluding hydrogens is 276 g/mol. The van der Waals surface area contributed by atoms with E-state index in [4.69, 9.17) is 0 Å². The Balaban J connectivity index is 3.28. The fourth-order valence-electron chi connectivity index (χ4n) is 2.31. The second-order valence-electron chi connectivity index (χ2n) is 6.03. The van der Waals surface area contributed by atoms with Crippen molar-refractivity contribution in [3.63, 3.8) is 0 Å². The number of carbonyl (C=O) groups excluding carboxylic acids is 2. The van der Waals surface area contributed by atoms with Crippen LogP contribution in [0.25, 0.3) is 0 Å². The van der Waals surface area contributed by atoms with Crippen LogP contribution >= 0.6 is 0 Å². The van der Waals surface area contributed by atoms with Crippen molar-refractivity contribution in [1.29, 1.82) is 0 Å². The monoisotopic (exact) mass is 312 g/mol. The number of hydrogen-bond donors (Lipinski definition) is 2. The van der Waals surface area contributed by atoms with Gasteiger partial charge in [0.2, 0.25) is 11.8 Å². The van der Waals surface area contributed by atoms with Gasteiger partial charge in [-0.1, -0.05) is 52.4 Å². The minimum absolute atomic E-state index is 0.163. The zero-order chi connectivity index (χ0) is 16.5. The summed E-state index contributed by atoms with van der Waals surface area (Å²) in [5.74, 6) is 0.326. The zero-order valence-corrected chi connectivity index (χ0v) is 14.7. The van der Waals surface area contributed by atoms with E-state index in [-0.39, 0.29) is 11.8 Å². The van der Waals surface area contributed by atoms with E-state index in [1.165, 1.54) is 25.7 Å². The summed E-state index contributed by atoms with van der Waals surface area (Å²) in [5.41, 5.74) is 0. The molecule has 0 aliphatic rings. The SMILES string of the molecule is CCCCCCC(=O)NCCCCNC(=O)CCCCCC. The second kappa shape index (κ2) is 16.3. The third kappa shape index (κ3) is 15.3. The van der Waals surface area contributed by atoms with Gasteiger partial charge in [0.1, 0.15) is 0 Å². The van der Waals surface area contributed by atoms with Crippen molar-refractivity contribution in [1.82, 2.24) is 10.6 Å². The van der Waals surface area contributed by atoms with Crippen LogP contribution in [0, 0.1) is 0 Å². The molecule has 0 aromatic carbocycles. The van der Waals surface area contributed by atoms with Crippen molar-refractivity contribution < 1.29 is 9.59 Å². The normalized spacial score (nSPS) is 10.5. The maximum absolute atomic E-state index is 11.5. The lowest BCUT2D eigenvalue weighted by molar-refractivity contribution is -0.122. The van der Waals surface area contributed by atoms with E-state index in [0.717, 1.165) is 51.6 Å². The van der Waals surface area contributed by atoms with Crippen molar-refractivity contribution >= 4 is 11.8 Å². The van der Waals surface area contributed by atoms with Gasteiger partial charge in [-0.05, 0) is 25.7 Å². The van der Waals surface area contributed by atoms with E-state index in [0.29, 0.717) is 12.8 Å². The predicted molar refractivity (Wildman–Crippen MR) is 92.8 cm³/mol. The third-order valence-corrected chi connectivity index (χ3v) is 3.76. The number of nitrogens with one attached hydrogen (secondary N) is 2. The molecule has 0 unspecified atom stereocenters. The van der Waals surface area contributed by atoms with Crippen molar-refractivity contribution in [3.05, 3.63) is 0 Å². The van der Waals surface area contributed by atoms with E-state index in [1.807, 2.05) is 0 Å². The van der Waals surface area contributed by atoms with Crippen molar-refractivity contribution in [2.45, 2.75) is 90.9 Å². The Kier molecular flexibility index (Phi) is 15.5. The molecule has 0 fully saturated rings. The molecule has 0 aliphatic carbocycles. The molecule has 0 aromatic heterocycles. The summed E-state index contributed by atoms with van der Waals surface area (Å²) < 4.78 is 0. The molecule has 22 heavy (non-hydrogen) atoms. The van der Waals surface area contributed by atoms with Crippen LogP contribution in [0.2, 0.25) is 0 Å². The van der Waals surface area contributed by atoms with Crippen molar-refractivity contribution in [2.24, 2.45) is 0 Å². The Labute approximate surface area is 136 Å². The minimum atomic E-state index is 0.163. The Bertz CT molecular complexity index is 252. The van der Waals surface area contributed by atoms with E-state index in [2.05, 4.69) is 24.5 Å². The fourth-order valence-corrected chi connectivity index (χ4v) is 2.31. The minimum Gasteiger partial charge on any atom is -0.356 e.